The molecule has 0 fully saturated rings. The van der Waals surface area contributed by atoms with E-state index in [1.54, 1.807) is 6.20 Å². The highest BCUT2D eigenvalue weighted by Gasteiger charge is 2.38. The van der Waals surface area contributed by atoms with E-state index in [9.17, 15) is 14.2 Å². The average Bonchev–Trinajstić information content (AvgIpc) is 2.92. The molecular weight excluding hydrogens is 316 g/mol. The van der Waals surface area contributed by atoms with Crippen molar-refractivity contribution in [2.45, 2.75) is 15.9 Å². The van der Waals surface area contributed by atoms with Crippen molar-refractivity contribution in [3.05, 3.63) is 40.7 Å². The summed E-state index contributed by atoms with van der Waals surface area (Å²) in [5.74, 6) is -2.38. The number of rotatable bonds is 3. The normalized spacial score (nSPS) is 17.2. The molecule has 3 rings (SSSR count). The molecule has 0 radical (unpaired) electrons. The number of hydrogen-bond donors (Lipinski definition) is 2. The van der Waals surface area contributed by atoms with Crippen molar-refractivity contribution >= 4 is 36.2 Å². The lowest BCUT2D eigenvalue weighted by Gasteiger charge is -2.27. The number of carboxylic acids is 1. The summed E-state index contributed by atoms with van der Waals surface area (Å²) in [5, 5.41) is 20.6. The highest BCUT2D eigenvalue weighted by molar-refractivity contribution is 8.02. The Morgan fingerprint density at radius 2 is 2.38 bits per heavy atom. The highest BCUT2D eigenvalue weighted by Crippen LogP contribution is 2.37. The summed E-state index contributed by atoms with van der Waals surface area (Å²) in [7, 11) is -1.22. The molecule has 2 heterocycles. The van der Waals surface area contributed by atoms with E-state index in [1.165, 1.54) is 29.2 Å². The van der Waals surface area contributed by atoms with Gasteiger partial charge in [0.15, 0.2) is 0 Å². The van der Waals surface area contributed by atoms with Crippen LogP contribution in [0.25, 0.3) is 0 Å². The zero-order valence-corrected chi connectivity index (χ0v) is 12.2. The molecule has 0 spiro atoms. The first-order chi connectivity index (χ1) is 10.1. The van der Waals surface area contributed by atoms with Gasteiger partial charge in [0.1, 0.15) is 21.5 Å². The number of benzene rings is 1. The molecule has 1 aliphatic rings. The minimum Gasteiger partial charge on any atom is -0.535 e. The fraction of sp³-hybridized carbons (Fsp3) is 0.167. The molecule has 1 aromatic heterocycles. The second kappa shape index (κ2) is 5.66. The molecule has 1 aliphatic heterocycles. The number of halogens is 1. The van der Waals surface area contributed by atoms with Gasteiger partial charge in [-0.3, -0.25) is 0 Å². The molecular formula is C12H9BFNO4S2. The van der Waals surface area contributed by atoms with Crippen molar-refractivity contribution in [1.82, 2.24) is 4.98 Å². The van der Waals surface area contributed by atoms with E-state index in [1.807, 2.05) is 5.38 Å². The summed E-state index contributed by atoms with van der Waals surface area (Å²) < 4.78 is 19.6. The first-order valence-electron chi connectivity index (χ1n) is 6.02. The van der Waals surface area contributed by atoms with Crippen LogP contribution in [-0.2, 0) is 6.42 Å². The van der Waals surface area contributed by atoms with Crippen molar-refractivity contribution in [3.8, 4) is 5.75 Å². The van der Waals surface area contributed by atoms with Crippen LogP contribution in [0.3, 0.4) is 0 Å². The van der Waals surface area contributed by atoms with Crippen LogP contribution in [-0.4, -0.2) is 33.4 Å². The monoisotopic (exact) mass is 325 g/mol. The van der Waals surface area contributed by atoms with E-state index in [0.29, 0.717) is 12.0 Å². The van der Waals surface area contributed by atoms with Crippen molar-refractivity contribution < 1.29 is 24.0 Å². The molecule has 21 heavy (non-hydrogen) atoms. The van der Waals surface area contributed by atoms with Crippen molar-refractivity contribution in [2.75, 3.05) is 0 Å². The zero-order chi connectivity index (χ0) is 15.0. The molecule has 0 unspecified atom stereocenters. The third-order valence-electron chi connectivity index (χ3n) is 3.04. The Bertz CT molecular complexity index is 682. The summed E-state index contributed by atoms with van der Waals surface area (Å²) in [6, 6.07) is 2.59. The molecule has 0 aliphatic carbocycles. The number of fused-ring (bicyclic) bond motifs is 1. The van der Waals surface area contributed by atoms with Crippen LogP contribution in [0.5, 0.6) is 5.75 Å². The van der Waals surface area contributed by atoms with E-state index in [2.05, 4.69) is 4.98 Å². The average molecular weight is 325 g/mol. The van der Waals surface area contributed by atoms with Crippen LogP contribution < -0.4 is 4.65 Å². The van der Waals surface area contributed by atoms with Crippen molar-refractivity contribution in [1.29, 1.82) is 0 Å². The molecule has 1 atom stereocenters. The Hall–Kier alpha value is -1.58. The van der Waals surface area contributed by atoms with Crippen LogP contribution in [0.4, 0.5) is 4.39 Å². The molecule has 108 valence electrons. The van der Waals surface area contributed by atoms with Gasteiger partial charge >= 0.3 is 13.1 Å². The molecule has 0 amide bonds. The molecule has 0 saturated carbocycles. The minimum atomic E-state index is -1.41. The largest absolute Gasteiger partial charge is 0.537 e. The fourth-order valence-corrected chi connectivity index (χ4v) is 4.04. The minimum absolute atomic E-state index is 0.0917. The second-order valence-corrected chi connectivity index (χ2v) is 6.76. The topological polar surface area (TPSA) is 79.7 Å². The maximum absolute atomic E-state index is 13.6. The van der Waals surface area contributed by atoms with Gasteiger partial charge in [-0.25, -0.2) is 14.2 Å². The number of aromatic carboxylic acids is 1. The lowest BCUT2D eigenvalue weighted by molar-refractivity contribution is 0.0689. The molecule has 9 heteroatoms. The first-order valence-corrected chi connectivity index (χ1v) is 7.77. The summed E-state index contributed by atoms with van der Waals surface area (Å²) >= 11 is 2.79. The highest BCUT2D eigenvalue weighted by atomic mass is 32.2. The van der Waals surface area contributed by atoms with Crippen LogP contribution in [0.1, 0.15) is 15.9 Å². The summed E-state index contributed by atoms with van der Waals surface area (Å²) in [6.45, 7) is 0. The lowest BCUT2D eigenvalue weighted by atomic mass is 9.77. The summed E-state index contributed by atoms with van der Waals surface area (Å²) in [6.07, 6.45) is 2.04. The Labute approximate surface area is 127 Å². The number of aromatic nitrogens is 1. The smallest absolute Gasteiger partial charge is 0.535 e. The van der Waals surface area contributed by atoms with Gasteiger partial charge in [0.25, 0.3) is 0 Å². The molecule has 2 N–H and O–H groups in total. The second-order valence-electron chi connectivity index (χ2n) is 4.38. The third-order valence-corrected chi connectivity index (χ3v) is 5.19. The van der Waals surface area contributed by atoms with E-state index in [0.717, 1.165) is 10.4 Å². The summed E-state index contributed by atoms with van der Waals surface area (Å²) in [5.41, 5.74) is 0.0254. The quantitative estimate of drug-likeness (QED) is 0.842. The van der Waals surface area contributed by atoms with Gasteiger partial charge in [-0.15, -0.1) is 11.3 Å². The molecule has 1 aromatic carbocycles. The molecule has 0 saturated heterocycles. The van der Waals surface area contributed by atoms with Crippen LogP contribution in [0.15, 0.2) is 28.0 Å². The van der Waals surface area contributed by atoms with E-state index in [-0.39, 0.29) is 10.9 Å². The van der Waals surface area contributed by atoms with Crippen LogP contribution >= 0.6 is 23.1 Å². The van der Waals surface area contributed by atoms with E-state index >= 15 is 0 Å². The van der Waals surface area contributed by atoms with E-state index in [4.69, 9.17) is 9.76 Å². The molecule has 5 nitrogen and oxygen atoms in total. The molecule has 0 bridgehead atoms. The number of carboxylic acid groups (broad SMARTS) is 1. The van der Waals surface area contributed by atoms with Gasteiger partial charge in [-0.2, -0.15) is 0 Å². The number of thioether (sulfide) groups is 1. The Kier molecular flexibility index (Phi) is 3.88. The van der Waals surface area contributed by atoms with Gasteiger partial charge < -0.3 is 14.8 Å². The van der Waals surface area contributed by atoms with Gasteiger partial charge in [0.05, 0.1) is 5.15 Å². The SMILES string of the molecule is O=C(O)c1c(F)ccc2c1OB(O)[C@@H](Sc1nccs1)C2. The number of nitrogens with zero attached hydrogens (tertiary/aromatic N) is 1. The Morgan fingerprint density at radius 3 is 3.05 bits per heavy atom. The number of hydrogen-bond acceptors (Lipinski definition) is 6. The predicted molar refractivity (Wildman–Crippen MR) is 77.4 cm³/mol. The summed E-state index contributed by atoms with van der Waals surface area (Å²) in [4.78, 5) is 15.2. The Morgan fingerprint density at radius 1 is 1.57 bits per heavy atom. The van der Waals surface area contributed by atoms with Crippen molar-refractivity contribution in [2.24, 2.45) is 0 Å². The molecule has 2 aromatic rings. The maximum atomic E-state index is 13.6. The number of thiazole rings is 1. The zero-order valence-electron chi connectivity index (χ0n) is 10.5. The first kappa shape index (κ1) is 14.4. The lowest BCUT2D eigenvalue weighted by Crippen LogP contribution is -2.40. The van der Waals surface area contributed by atoms with Crippen LogP contribution in [0, 0.1) is 5.82 Å². The van der Waals surface area contributed by atoms with Gasteiger partial charge in [-0.1, -0.05) is 17.8 Å². The van der Waals surface area contributed by atoms with Crippen LogP contribution in [0.2, 0.25) is 0 Å². The predicted octanol–water partition coefficient (Wildman–Crippen LogP) is 2.10. The maximum Gasteiger partial charge on any atom is 0.537 e. The number of carbonyl (C=O) groups is 1. The van der Waals surface area contributed by atoms with Gasteiger partial charge in [0, 0.05) is 11.6 Å². The van der Waals surface area contributed by atoms with Crippen molar-refractivity contribution in [3.63, 3.8) is 0 Å². The van der Waals surface area contributed by atoms with E-state index < -0.39 is 24.5 Å². The fourth-order valence-electron chi connectivity index (χ4n) is 2.11. The van der Waals surface area contributed by atoms with Gasteiger partial charge in [-0.05, 0) is 18.1 Å². The standard InChI is InChI=1S/C12H9BFNO4S2/c14-7-2-1-6-5-8(21-12-15-3-4-20-12)13(18)19-10(6)9(7)11(16)17/h1-4,8,18H,5H2,(H,16,17)/t8-/m0/s1. The Balaban J connectivity index is 1.92. The third kappa shape index (κ3) is 2.76. The van der Waals surface area contributed by atoms with Gasteiger partial charge in [0.2, 0.25) is 0 Å².